The second-order valence-corrected chi connectivity index (χ2v) is 11.9. The molecule has 0 aliphatic carbocycles. The zero-order valence-electron chi connectivity index (χ0n) is 18.4. The molecule has 0 bridgehead atoms. The van der Waals surface area contributed by atoms with Gasteiger partial charge in [-0.3, -0.25) is 4.98 Å². The predicted octanol–water partition coefficient (Wildman–Crippen LogP) is 5.37. The smallest absolute Gasteiger partial charge is 0.243 e. The van der Waals surface area contributed by atoms with Gasteiger partial charge in [0.2, 0.25) is 10.0 Å². The number of anilines is 1. The number of piperidine rings is 1. The summed E-state index contributed by atoms with van der Waals surface area (Å²) in [7, 11) is -3.66. The molecule has 1 fully saturated rings. The first-order chi connectivity index (χ1) is 16.8. The van der Waals surface area contributed by atoms with Gasteiger partial charge >= 0.3 is 0 Å². The van der Waals surface area contributed by atoms with Crippen LogP contribution in [0.3, 0.4) is 0 Å². The summed E-state index contributed by atoms with van der Waals surface area (Å²) < 4.78 is 30.3. The Morgan fingerprint density at radius 1 is 1.09 bits per heavy atom. The monoisotopic (exact) mass is 594 g/mol. The highest BCUT2D eigenvalue weighted by Crippen LogP contribution is 2.33. The molecule has 0 spiro atoms. The molecule has 3 aromatic heterocycles. The third kappa shape index (κ3) is 5.03. The number of rotatable bonds is 6. The highest BCUT2D eigenvalue weighted by molar-refractivity contribution is 9.10. The molecule has 5 rings (SSSR count). The van der Waals surface area contributed by atoms with E-state index in [1.54, 1.807) is 16.9 Å². The summed E-state index contributed by atoms with van der Waals surface area (Å²) in [4.78, 5) is 9.15. The zero-order chi connectivity index (χ0) is 24.6. The van der Waals surface area contributed by atoms with E-state index in [0.29, 0.717) is 43.1 Å². The Morgan fingerprint density at radius 3 is 2.60 bits per heavy atom. The quantitative estimate of drug-likeness (QED) is 0.322. The molecule has 8 nitrogen and oxygen atoms in total. The highest BCUT2D eigenvalue weighted by atomic mass is 79.9. The molecule has 4 heterocycles. The minimum absolute atomic E-state index is 0.112. The van der Waals surface area contributed by atoms with Gasteiger partial charge in [-0.2, -0.15) is 13.9 Å². The summed E-state index contributed by atoms with van der Waals surface area (Å²) in [6.07, 6.45) is 6.57. The average molecular weight is 596 g/mol. The molecule has 4 aromatic rings. The number of benzene rings is 1. The second kappa shape index (κ2) is 10.0. The lowest BCUT2D eigenvalue weighted by Crippen LogP contribution is -2.38. The van der Waals surface area contributed by atoms with E-state index >= 15 is 0 Å². The van der Waals surface area contributed by atoms with Crippen molar-refractivity contribution in [2.75, 3.05) is 18.4 Å². The molecule has 0 atom stereocenters. The Labute approximate surface area is 221 Å². The SMILES string of the molecule is O=S(=O)(c1ccc(Cl)c(Cl)c1)N1CCC(c2cc(NCc3cccnc3)n3ncc(Br)c3n2)CC1. The highest BCUT2D eigenvalue weighted by Gasteiger charge is 2.31. The molecule has 35 heavy (non-hydrogen) atoms. The maximum atomic E-state index is 13.1. The lowest BCUT2D eigenvalue weighted by atomic mass is 9.94. The van der Waals surface area contributed by atoms with Gasteiger partial charge in [0.1, 0.15) is 5.82 Å². The van der Waals surface area contributed by atoms with Crippen LogP contribution in [0.5, 0.6) is 0 Å². The van der Waals surface area contributed by atoms with Crippen molar-refractivity contribution < 1.29 is 8.42 Å². The Bertz CT molecular complexity index is 1470. The van der Waals surface area contributed by atoms with Gasteiger partial charge in [0.25, 0.3) is 0 Å². The number of halogens is 3. The number of nitrogens with zero attached hydrogens (tertiary/aromatic N) is 5. The number of nitrogens with one attached hydrogen (secondary N) is 1. The van der Waals surface area contributed by atoms with Crippen LogP contribution in [-0.4, -0.2) is 45.4 Å². The number of hydrogen-bond acceptors (Lipinski definition) is 6. The molecule has 182 valence electrons. The summed E-state index contributed by atoms with van der Waals surface area (Å²) in [6.45, 7) is 1.36. The van der Waals surface area contributed by atoms with Crippen LogP contribution in [0, 0.1) is 0 Å². The Kier molecular flexibility index (Phi) is 7.00. The first-order valence-corrected chi connectivity index (χ1v) is 13.9. The zero-order valence-corrected chi connectivity index (χ0v) is 22.3. The molecule has 0 radical (unpaired) electrons. The molecule has 1 aliphatic heterocycles. The van der Waals surface area contributed by atoms with Crippen molar-refractivity contribution in [3.05, 3.63) is 80.8 Å². The van der Waals surface area contributed by atoms with Crippen LogP contribution in [-0.2, 0) is 16.6 Å². The third-order valence-corrected chi connectivity index (χ3v) is 9.24. The first-order valence-electron chi connectivity index (χ1n) is 10.9. The lowest BCUT2D eigenvalue weighted by molar-refractivity contribution is 0.317. The number of pyridine rings is 1. The molecule has 12 heteroatoms. The van der Waals surface area contributed by atoms with E-state index in [-0.39, 0.29) is 15.8 Å². The fraction of sp³-hybridized carbons (Fsp3) is 0.261. The van der Waals surface area contributed by atoms with Gasteiger partial charge < -0.3 is 5.32 Å². The van der Waals surface area contributed by atoms with Crippen LogP contribution >= 0.6 is 39.1 Å². The summed E-state index contributed by atoms with van der Waals surface area (Å²) in [5.41, 5.74) is 2.66. The molecular formula is C23H21BrCl2N6O2S. The topological polar surface area (TPSA) is 92.5 Å². The molecule has 1 saturated heterocycles. The normalized spacial score (nSPS) is 15.5. The molecule has 1 N–H and O–H groups in total. The fourth-order valence-corrected chi connectivity index (χ4v) is 6.37. The van der Waals surface area contributed by atoms with E-state index in [0.717, 1.165) is 21.5 Å². The van der Waals surface area contributed by atoms with Crippen molar-refractivity contribution in [2.45, 2.75) is 30.2 Å². The van der Waals surface area contributed by atoms with Crippen LogP contribution in [0.25, 0.3) is 5.65 Å². The maximum absolute atomic E-state index is 13.1. The Morgan fingerprint density at radius 2 is 1.89 bits per heavy atom. The molecule has 1 aromatic carbocycles. The lowest BCUT2D eigenvalue weighted by Gasteiger charge is -2.31. The molecule has 0 unspecified atom stereocenters. The minimum Gasteiger partial charge on any atom is -0.366 e. The van der Waals surface area contributed by atoms with Crippen LogP contribution in [0.2, 0.25) is 10.0 Å². The molecule has 1 aliphatic rings. The van der Waals surface area contributed by atoms with Gasteiger partial charge in [0.05, 0.1) is 25.6 Å². The summed E-state index contributed by atoms with van der Waals surface area (Å²) in [5.74, 6) is 0.923. The summed E-state index contributed by atoms with van der Waals surface area (Å²) in [6, 6.07) is 10.3. The number of sulfonamides is 1. The standard InChI is InChI=1S/C23H21BrCl2N6O2S/c24-18-14-29-32-22(28-13-15-2-1-7-27-12-15)11-21(30-23(18)32)16-5-8-31(9-6-16)35(33,34)17-3-4-19(25)20(26)10-17/h1-4,7,10-12,14,16,28H,5-6,8-9,13H2. The largest absolute Gasteiger partial charge is 0.366 e. The number of aromatic nitrogens is 4. The van der Waals surface area contributed by atoms with Crippen molar-refractivity contribution in [1.82, 2.24) is 23.9 Å². The summed E-state index contributed by atoms with van der Waals surface area (Å²) >= 11 is 15.5. The Balaban J connectivity index is 1.36. The minimum atomic E-state index is -3.66. The molecule has 0 saturated carbocycles. The van der Waals surface area contributed by atoms with Crippen molar-refractivity contribution in [1.29, 1.82) is 0 Å². The molecule has 0 amide bonds. The molecular weight excluding hydrogens is 575 g/mol. The van der Waals surface area contributed by atoms with E-state index in [2.05, 4.69) is 31.3 Å². The van der Waals surface area contributed by atoms with Crippen LogP contribution < -0.4 is 5.32 Å². The fourth-order valence-electron chi connectivity index (χ4n) is 4.16. The average Bonchev–Trinajstić information content (AvgIpc) is 3.25. The van der Waals surface area contributed by atoms with E-state index in [1.807, 2.05) is 24.4 Å². The van der Waals surface area contributed by atoms with Gasteiger partial charge in [0.15, 0.2) is 5.65 Å². The van der Waals surface area contributed by atoms with Crippen LogP contribution in [0.4, 0.5) is 5.82 Å². The van der Waals surface area contributed by atoms with Gasteiger partial charge in [-0.1, -0.05) is 29.3 Å². The number of hydrogen-bond donors (Lipinski definition) is 1. The van der Waals surface area contributed by atoms with Gasteiger partial charge in [0, 0.05) is 49.7 Å². The van der Waals surface area contributed by atoms with Crippen molar-refractivity contribution in [2.24, 2.45) is 0 Å². The third-order valence-electron chi connectivity index (χ3n) is 6.05. The van der Waals surface area contributed by atoms with Crippen LogP contribution in [0.1, 0.15) is 30.0 Å². The van der Waals surface area contributed by atoms with Crippen molar-refractivity contribution in [3.63, 3.8) is 0 Å². The van der Waals surface area contributed by atoms with E-state index in [4.69, 9.17) is 28.2 Å². The second-order valence-electron chi connectivity index (χ2n) is 8.26. The van der Waals surface area contributed by atoms with Gasteiger partial charge in [-0.25, -0.2) is 13.4 Å². The predicted molar refractivity (Wildman–Crippen MR) is 139 cm³/mol. The maximum Gasteiger partial charge on any atom is 0.243 e. The van der Waals surface area contributed by atoms with E-state index < -0.39 is 10.0 Å². The number of fused-ring (bicyclic) bond motifs is 1. The van der Waals surface area contributed by atoms with Crippen molar-refractivity contribution >= 4 is 60.6 Å². The van der Waals surface area contributed by atoms with Crippen LogP contribution in [0.15, 0.2) is 64.4 Å². The Hall–Kier alpha value is -2.24. The van der Waals surface area contributed by atoms with Gasteiger partial charge in [-0.15, -0.1) is 0 Å². The van der Waals surface area contributed by atoms with Crippen molar-refractivity contribution in [3.8, 4) is 0 Å². The summed E-state index contributed by atoms with van der Waals surface area (Å²) in [5, 5.41) is 8.40. The van der Waals surface area contributed by atoms with E-state index in [9.17, 15) is 8.42 Å². The first kappa shape index (κ1) is 24.5. The van der Waals surface area contributed by atoms with Gasteiger partial charge in [-0.05, 0) is 58.6 Å². The van der Waals surface area contributed by atoms with E-state index in [1.165, 1.54) is 22.5 Å².